The van der Waals surface area contributed by atoms with Crippen molar-refractivity contribution in [3.05, 3.63) is 42.4 Å². The lowest BCUT2D eigenvalue weighted by atomic mass is 10.1. The van der Waals surface area contributed by atoms with Crippen LogP contribution in [-0.2, 0) is 4.74 Å². The first-order chi connectivity index (χ1) is 10.7. The van der Waals surface area contributed by atoms with Crippen molar-refractivity contribution in [2.75, 3.05) is 12.4 Å². The summed E-state index contributed by atoms with van der Waals surface area (Å²) in [4.78, 5) is 30.8. The molecule has 8 heteroatoms. The summed E-state index contributed by atoms with van der Waals surface area (Å²) < 4.78 is 6.09. The number of hydrogen-bond donors (Lipinski definition) is 1. The highest BCUT2D eigenvalue weighted by Gasteiger charge is 2.14. The van der Waals surface area contributed by atoms with Crippen molar-refractivity contribution < 1.29 is 14.3 Å². The normalized spacial score (nSPS) is 10.4. The standard InChI is InChI=1S/C14H11N5O3/c1-22-14(21)17-13-16-12(11-3-2-6-19(11)18-13)10-4-5-15-7-9(10)8-20/h2-8H,1H3,(H,17,18,21). The summed E-state index contributed by atoms with van der Waals surface area (Å²) >= 11 is 0. The highest BCUT2D eigenvalue weighted by Crippen LogP contribution is 2.25. The highest BCUT2D eigenvalue weighted by atomic mass is 16.5. The Hall–Kier alpha value is -3.29. The zero-order valence-corrected chi connectivity index (χ0v) is 11.6. The number of carbonyl (C=O) groups excluding carboxylic acids is 2. The maximum Gasteiger partial charge on any atom is 0.413 e. The van der Waals surface area contributed by atoms with Gasteiger partial charge in [0.15, 0.2) is 6.29 Å². The molecule has 3 rings (SSSR count). The van der Waals surface area contributed by atoms with Gasteiger partial charge < -0.3 is 4.74 Å². The number of nitrogens with one attached hydrogen (secondary N) is 1. The molecule has 0 fully saturated rings. The number of methoxy groups -OCH3 is 1. The molecule has 1 amide bonds. The number of pyridine rings is 1. The van der Waals surface area contributed by atoms with Gasteiger partial charge in [0.05, 0.1) is 12.6 Å². The van der Waals surface area contributed by atoms with Crippen LogP contribution in [0.3, 0.4) is 0 Å². The molecule has 0 spiro atoms. The minimum absolute atomic E-state index is 0.0687. The fourth-order valence-electron chi connectivity index (χ4n) is 2.04. The van der Waals surface area contributed by atoms with Crippen molar-refractivity contribution in [2.45, 2.75) is 0 Å². The predicted molar refractivity (Wildman–Crippen MR) is 77.6 cm³/mol. The van der Waals surface area contributed by atoms with E-state index in [4.69, 9.17) is 0 Å². The monoisotopic (exact) mass is 297 g/mol. The number of aldehydes is 1. The van der Waals surface area contributed by atoms with Gasteiger partial charge in [-0.1, -0.05) is 0 Å². The molecule has 0 aliphatic rings. The topological polar surface area (TPSA) is 98.5 Å². The van der Waals surface area contributed by atoms with Crippen LogP contribution in [0.1, 0.15) is 10.4 Å². The average molecular weight is 297 g/mol. The number of nitrogens with zero attached hydrogens (tertiary/aromatic N) is 4. The SMILES string of the molecule is COC(=O)Nc1nc(-c2ccncc2C=O)c2cccn2n1. The molecule has 0 aliphatic carbocycles. The van der Waals surface area contributed by atoms with Crippen molar-refractivity contribution in [1.82, 2.24) is 19.6 Å². The van der Waals surface area contributed by atoms with E-state index in [1.807, 2.05) is 6.07 Å². The summed E-state index contributed by atoms with van der Waals surface area (Å²) in [6.45, 7) is 0. The molecule has 0 unspecified atom stereocenters. The van der Waals surface area contributed by atoms with Crippen molar-refractivity contribution in [3.8, 4) is 11.3 Å². The second-order valence-corrected chi connectivity index (χ2v) is 4.32. The van der Waals surface area contributed by atoms with Crippen LogP contribution in [0.25, 0.3) is 16.8 Å². The Morgan fingerprint density at radius 2 is 2.27 bits per heavy atom. The summed E-state index contributed by atoms with van der Waals surface area (Å²) in [5.41, 5.74) is 2.21. The largest absolute Gasteiger partial charge is 0.453 e. The second kappa shape index (κ2) is 5.60. The Labute approximate surface area is 124 Å². The molecule has 110 valence electrons. The van der Waals surface area contributed by atoms with Crippen LogP contribution in [0.2, 0.25) is 0 Å². The summed E-state index contributed by atoms with van der Waals surface area (Å²) in [6, 6.07) is 5.28. The first kappa shape index (κ1) is 13.7. The zero-order valence-electron chi connectivity index (χ0n) is 11.6. The minimum atomic E-state index is -0.678. The van der Waals surface area contributed by atoms with Crippen LogP contribution in [0.15, 0.2) is 36.8 Å². The van der Waals surface area contributed by atoms with E-state index in [1.165, 1.54) is 13.3 Å². The number of amides is 1. The molecule has 22 heavy (non-hydrogen) atoms. The molecule has 3 aromatic heterocycles. The number of carbonyl (C=O) groups is 2. The molecule has 3 heterocycles. The third-order valence-electron chi connectivity index (χ3n) is 3.02. The summed E-state index contributed by atoms with van der Waals surface area (Å²) in [5, 5.41) is 6.57. The molecule has 1 N–H and O–H groups in total. The highest BCUT2D eigenvalue weighted by molar-refractivity contribution is 5.91. The van der Waals surface area contributed by atoms with E-state index in [1.54, 1.807) is 29.0 Å². The summed E-state index contributed by atoms with van der Waals surface area (Å²) in [7, 11) is 1.25. The van der Waals surface area contributed by atoms with Gasteiger partial charge in [0, 0.05) is 29.7 Å². The van der Waals surface area contributed by atoms with Gasteiger partial charge in [0.2, 0.25) is 0 Å². The lowest BCUT2D eigenvalue weighted by Gasteiger charge is -2.09. The molecule has 0 saturated heterocycles. The van der Waals surface area contributed by atoms with Crippen LogP contribution in [0.4, 0.5) is 10.7 Å². The molecule has 8 nitrogen and oxygen atoms in total. The average Bonchev–Trinajstić information content (AvgIpc) is 3.02. The van der Waals surface area contributed by atoms with Crippen molar-refractivity contribution >= 4 is 23.8 Å². The van der Waals surface area contributed by atoms with Gasteiger partial charge in [-0.05, 0) is 18.2 Å². The van der Waals surface area contributed by atoms with Crippen molar-refractivity contribution in [1.29, 1.82) is 0 Å². The predicted octanol–water partition coefficient (Wildman–Crippen LogP) is 1.78. The molecule has 0 bridgehead atoms. The Kier molecular flexibility index (Phi) is 3.48. The molecular formula is C14H11N5O3. The maximum absolute atomic E-state index is 11.3. The summed E-state index contributed by atoms with van der Waals surface area (Å²) in [5.74, 6) is 0.0687. The second-order valence-electron chi connectivity index (χ2n) is 4.32. The molecule has 0 aliphatic heterocycles. The fourth-order valence-corrected chi connectivity index (χ4v) is 2.04. The molecule has 0 aromatic carbocycles. The van der Waals surface area contributed by atoms with E-state index >= 15 is 0 Å². The van der Waals surface area contributed by atoms with Crippen molar-refractivity contribution in [2.24, 2.45) is 0 Å². The Morgan fingerprint density at radius 3 is 3.05 bits per heavy atom. The zero-order chi connectivity index (χ0) is 15.5. The molecule has 0 radical (unpaired) electrons. The quantitative estimate of drug-likeness (QED) is 0.740. The van der Waals surface area contributed by atoms with Crippen LogP contribution in [0, 0.1) is 0 Å². The van der Waals surface area contributed by atoms with Gasteiger partial charge in [-0.2, -0.15) is 0 Å². The third-order valence-corrected chi connectivity index (χ3v) is 3.02. The van der Waals surface area contributed by atoms with Gasteiger partial charge >= 0.3 is 6.09 Å². The van der Waals surface area contributed by atoms with E-state index in [9.17, 15) is 9.59 Å². The maximum atomic E-state index is 11.3. The molecular weight excluding hydrogens is 286 g/mol. The Bertz CT molecular complexity index is 859. The van der Waals surface area contributed by atoms with Crippen LogP contribution in [0.5, 0.6) is 0 Å². The number of ether oxygens (including phenoxy) is 1. The van der Waals surface area contributed by atoms with Crippen LogP contribution < -0.4 is 5.32 Å². The van der Waals surface area contributed by atoms with Gasteiger partial charge in [0.1, 0.15) is 5.69 Å². The van der Waals surface area contributed by atoms with Gasteiger partial charge in [-0.25, -0.2) is 14.3 Å². The molecule has 3 aromatic rings. The first-order valence-electron chi connectivity index (χ1n) is 6.33. The Balaban J connectivity index is 2.21. The third kappa shape index (κ3) is 2.37. The Morgan fingerprint density at radius 1 is 1.41 bits per heavy atom. The number of aromatic nitrogens is 4. The van der Waals surface area contributed by atoms with Gasteiger partial charge in [-0.15, -0.1) is 5.10 Å². The fraction of sp³-hybridized carbons (Fsp3) is 0.0714. The van der Waals surface area contributed by atoms with E-state index in [0.717, 1.165) is 0 Å². The molecule has 0 saturated carbocycles. The van der Waals surface area contributed by atoms with Crippen molar-refractivity contribution in [3.63, 3.8) is 0 Å². The number of fused-ring (bicyclic) bond motifs is 1. The van der Waals surface area contributed by atoms with E-state index in [2.05, 4.69) is 25.1 Å². The number of hydrogen-bond acceptors (Lipinski definition) is 6. The first-order valence-corrected chi connectivity index (χ1v) is 6.33. The minimum Gasteiger partial charge on any atom is -0.453 e. The van der Waals surface area contributed by atoms with Crippen LogP contribution in [-0.4, -0.2) is 39.1 Å². The van der Waals surface area contributed by atoms with E-state index in [-0.39, 0.29) is 5.95 Å². The number of anilines is 1. The molecule has 0 atom stereocenters. The van der Waals surface area contributed by atoms with Gasteiger partial charge in [0.25, 0.3) is 5.95 Å². The lowest BCUT2D eigenvalue weighted by Crippen LogP contribution is -2.15. The van der Waals surface area contributed by atoms with E-state index < -0.39 is 6.09 Å². The van der Waals surface area contributed by atoms with Gasteiger partial charge in [-0.3, -0.25) is 15.1 Å². The van der Waals surface area contributed by atoms with E-state index in [0.29, 0.717) is 28.6 Å². The lowest BCUT2D eigenvalue weighted by molar-refractivity contribution is 0.112. The van der Waals surface area contributed by atoms with Crippen LogP contribution >= 0.6 is 0 Å². The number of rotatable bonds is 3. The summed E-state index contributed by atoms with van der Waals surface area (Å²) in [6.07, 6.45) is 4.76. The smallest absolute Gasteiger partial charge is 0.413 e.